The van der Waals surface area contributed by atoms with Gasteiger partial charge < -0.3 is 15.3 Å². The molecule has 2 heterocycles. The Labute approximate surface area is 151 Å². The number of amides is 2. The summed E-state index contributed by atoms with van der Waals surface area (Å²) in [5, 5.41) is 12.8. The number of nitrogens with zero attached hydrogens (tertiary/aromatic N) is 2. The van der Waals surface area contributed by atoms with E-state index in [1.165, 1.54) is 11.1 Å². The van der Waals surface area contributed by atoms with E-state index in [-0.39, 0.29) is 12.1 Å². The van der Waals surface area contributed by atoms with Crippen molar-refractivity contribution in [2.45, 2.75) is 51.8 Å². The molecule has 138 valence electrons. The van der Waals surface area contributed by atoms with Gasteiger partial charge in [0, 0.05) is 39.3 Å². The van der Waals surface area contributed by atoms with Gasteiger partial charge in [0.15, 0.2) is 0 Å². The van der Waals surface area contributed by atoms with Crippen molar-refractivity contribution in [3.8, 4) is 0 Å². The predicted molar refractivity (Wildman–Crippen MR) is 99.2 cm³/mol. The number of rotatable bonds is 4. The second-order valence-electron chi connectivity index (χ2n) is 7.60. The normalized spacial score (nSPS) is 20.6. The first-order valence-corrected chi connectivity index (χ1v) is 9.62. The number of benzene rings is 1. The first-order chi connectivity index (χ1) is 12.1. The van der Waals surface area contributed by atoms with Gasteiger partial charge in [-0.15, -0.1) is 0 Å². The fraction of sp³-hybridized carbons (Fsp3) is 0.650. The Morgan fingerprint density at radius 1 is 1.08 bits per heavy atom. The molecule has 0 aromatic heterocycles. The Morgan fingerprint density at radius 3 is 2.40 bits per heavy atom. The van der Waals surface area contributed by atoms with Crippen LogP contribution in [0.15, 0.2) is 24.3 Å². The van der Waals surface area contributed by atoms with Gasteiger partial charge in [-0.25, -0.2) is 4.79 Å². The maximum Gasteiger partial charge on any atom is 0.317 e. The summed E-state index contributed by atoms with van der Waals surface area (Å²) in [6, 6.07) is 8.41. The highest BCUT2D eigenvalue weighted by molar-refractivity contribution is 5.74. The number of aliphatic hydroxyl groups excluding tert-OH is 1. The van der Waals surface area contributed by atoms with Crippen LogP contribution in [0.5, 0.6) is 0 Å². The number of aliphatic hydroxyl groups is 1. The zero-order valence-electron chi connectivity index (χ0n) is 15.3. The quantitative estimate of drug-likeness (QED) is 0.882. The van der Waals surface area contributed by atoms with Crippen molar-refractivity contribution in [1.29, 1.82) is 0 Å². The lowest BCUT2D eigenvalue weighted by molar-refractivity contribution is 0.0791. The molecular formula is C20H31N3O2. The Kier molecular flexibility index (Phi) is 6.32. The molecule has 2 N–H and O–H groups in total. The highest BCUT2D eigenvalue weighted by Crippen LogP contribution is 2.18. The molecule has 0 bridgehead atoms. The molecule has 0 saturated carbocycles. The SMILES string of the molecule is CC1CCN(C(=O)NCc2ccccc2CN2CCC(O)CC2)CC1. The van der Waals surface area contributed by atoms with E-state index in [4.69, 9.17) is 0 Å². The summed E-state index contributed by atoms with van der Waals surface area (Å²) in [4.78, 5) is 16.7. The highest BCUT2D eigenvalue weighted by Gasteiger charge is 2.21. The molecule has 0 aliphatic carbocycles. The van der Waals surface area contributed by atoms with Crippen molar-refractivity contribution in [1.82, 2.24) is 15.1 Å². The number of hydrogen-bond acceptors (Lipinski definition) is 3. The van der Waals surface area contributed by atoms with Crippen molar-refractivity contribution in [3.05, 3.63) is 35.4 Å². The topological polar surface area (TPSA) is 55.8 Å². The van der Waals surface area contributed by atoms with Gasteiger partial charge in [-0.05, 0) is 42.7 Å². The van der Waals surface area contributed by atoms with E-state index in [0.29, 0.717) is 6.54 Å². The fourth-order valence-electron chi connectivity index (χ4n) is 3.70. The molecule has 5 nitrogen and oxygen atoms in total. The van der Waals surface area contributed by atoms with E-state index in [0.717, 1.165) is 64.3 Å². The minimum absolute atomic E-state index is 0.0581. The lowest BCUT2D eigenvalue weighted by Gasteiger charge is -2.31. The zero-order valence-corrected chi connectivity index (χ0v) is 15.3. The average Bonchev–Trinajstić information content (AvgIpc) is 2.63. The number of hydrogen-bond donors (Lipinski definition) is 2. The van der Waals surface area contributed by atoms with Crippen molar-refractivity contribution in [3.63, 3.8) is 0 Å². The second kappa shape index (κ2) is 8.68. The molecule has 25 heavy (non-hydrogen) atoms. The molecule has 1 aromatic rings. The lowest BCUT2D eigenvalue weighted by atomic mass is 10.00. The molecule has 0 spiro atoms. The van der Waals surface area contributed by atoms with Crippen LogP contribution in [-0.4, -0.2) is 53.2 Å². The first-order valence-electron chi connectivity index (χ1n) is 9.62. The summed E-state index contributed by atoms with van der Waals surface area (Å²) in [6.07, 6.45) is 3.77. The fourth-order valence-corrected chi connectivity index (χ4v) is 3.70. The van der Waals surface area contributed by atoms with E-state index in [2.05, 4.69) is 35.3 Å². The van der Waals surface area contributed by atoms with Crippen LogP contribution in [0.25, 0.3) is 0 Å². The maximum absolute atomic E-state index is 12.4. The van der Waals surface area contributed by atoms with Crippen LogP contribution >= 0.6 is 0 Å². The first kappa shape index (κ1) is 18.2. The summed E-state index contributed by atoms with van der Waals surface area (Å²) in [5.74, 6) is 0.729. The number of urea groups is 1. The molecule has 1 aromatic carbocycles. The van der Waals surface area contributed by atoms with Crippen molar-refractivity contribution < 1.29 is 9.90 Å². The zero-order chi connectivity index (χ0) is 17.6. The van der Waals surface area contributed by atoms with Gasteiger partial charge in [-0.2, -0.15) is 0 Å². The largest absolute Gasteiger partial charge is 0.393 e. The van der Waals surface area contributed by atoms with Crippen LogP contribution in [0.4, 0.5) is 4.79 Å². The standard InChI is InChI=1S/C20H31N3O2/c1-16-6-12-23(13-7-16)20(25)21-14-17-4-2-3-5-18(17)15-22-10-8-19(24)9-11-22/h2-5,16,19,24H,6-15H2,1H3,(H,21,25). The third-order valence-corrected chi connectivity index (χ3v) is 5.57. The van der Waals surface area contributed by atoms with Crippen molar-refractivity contribution in [2.75, 3.05) is 26.2 Å². The van der Waals surface area contributed by atoms with Crippen LogP contribution in [0.3, 0.4) is 0 Å². The van der Waals surface area contributed by atoms with E-state index in [1.54, 1.807) is 0 Å². The number of carbonyl (C=O) groups excluding carboxylic acids is 1. The monoisotopic (exact) mass is 345 g/mol. The Bertz CT molecular complexity index is 562. The molecule has 2 aliphatic heterocycles. The van der Waals surface area contributed by atoms with Gasteiger partial charge in [0.25, 0.3) is 0 Å². The van der Waals surface area contributed by atoms with E-state index in [9.17, 15) is 9.90 Å². The number of carbonyl (C=O) groups is 1. The Balaban J connectivity index is 1.53. The van der Waals surface area contributed by atoms with Crippen LogP contribution in [0, 0.1) is 5.92 Å². The van der Waals surface area contributed by atoms with Crippen LogP contribution < -0.4 is 5.32 Å². The Hall–Kier alpha value is -1.59. The number of nitrogens with one attached hydrogen (secondary N) is 1. The highest BCUT2D eigenvalue weighted by atomic mass is 16.3. The molecular weight excluding hydrogens is 314 g/mol. The third-order valence-electron chi connectivity index (χ3n) is 5.57. The van der Waals surface area contributed by atoms with Gasteiger partial charge in [0.05, 0.1) is 6.10 Å². The van der Waals surface area contributed by atoms with Crippen molar-refractivity contribution in [2.24, 2.45) is 5.92 Å². The predicted octanol–water partition coefficient (Wildman–Crippen LogP) is 2.58. The van der Waals surface area contributed by atoms with Gasteiger partial charge in [-0.3, -0.25) is 4.90 Å². The minimum Gasteiger partial charge on any atom is -0.393 e. The minimum atomic E-state index is -0.141. The average molecular weight is 345 g/mol. The lowest BCUT2D eigenvalue weighted by Crippen LogP contribution is -2.44. The molecule has 0 atom stereocenters. The Morgan fingerprint density at radius 2 is 1.72 bits per heavy atom. The maximum atomic E-state index is 12.4. The van der Waals surface area contributed by atoms with Gasteiger partial charge in [0.1, 0.15) is 0 Å². The van der Waals surface area contributed by atoms with Gasteiger partial charge >= 0.3 is 6.03 Å². The molecule has 3 rings (SSSR count). The summed E-state index contributed by atoms with van der Waals surface area (Å²) >= 11 is 0. The summed E-state index contributed by atoms with van der Waals surface area (Å²) < 4.78 is 0. The molecule has 2 amide bonds. The van der Waals surface area contributed by atoms with E-state index >= 15 is 0 Å². The van der Waals surface area contributed by atoms with Crippen molar-refractivity contribution >= 4 is 6.03 Å². The third kappa shape index (κ3) is 5.19. The van der Waals surface area contributed by atoms with Gasteiger partial charge in [-0.1, -0.05) is 31.2 Å². The molecule has 2 aliphatic rings. The van der Waals surface area contributed by atoms with Crippen LogP contribution in [0.1, 0.15) is 43.7 Å². The van der Waals surface area contributed by atoms with Crippen LogP contribution in [0.2, 0.25) is 0 Å². The summed E-state index contributed by atoms with van der Waals surface area (Å²) in [6.45, 7) is 7.33. The smallest absolute Gasteiger partial charge is 0.317 e. The molecule has 2 fully saturated rings. The van der Waals surface area contributed by atoms with E-state index < -0.39 is 0 Å². The number of likely N-dealkylation sites (tertiary alicyclic amines) is 2. The second-order valence-corrected chi connectivity index (χ2v) is 7.60. The molecule has 2 saturated heterocycles. The molecule has 0 radical (unpaired) electrons. The van der Waals surface area contributed by atoms with Gasteiger partial charge in [0.2, 0.25) is 0 Å². The summed E-state index contributed by atoms with van der Waals surface area (Å²) in [7, 11) is 0. The molecule has 5 heteroatoms. The summed E-state index contributed by atoms with van der Waals surface area (Å²) in [5.41, 5.74) is 2.46. The molecule has 0 unspecified atom stereocenters. The van der Waals surface area contributed by atoms with E-state index in [1.807, 2.05) is 11.0 Å². The number of piperidine rings is 2. The van der Waals surface area contributed by atoms with Crippen LogP contribution in [-0.2, 0) is 13.1 Å².